The molecule has 0 atom stereocenters. The summed E-state index contributed by atoms with van der Waals surface area (Å²) in [6, 6.07) is 14.0. The molecule has 0 aliphatic rings. The van der Waals surface area contributed by atoms with Crippen LogP contribution in [0.2, 0.25) is 0 Å². The number of hydrogen-bond acceptors (Lipinski definition) is 9. The zero-order valence-corrected chi connectivity index (χ0v) is 19.1. The van der Waals surface area contributed by atoms with Crippen LogP contribution in [0.1, 0.15) is 23.2 Å². The Labute approximate surface area is 194 Å². The number of para-hydroxylation sites is 1. The molecule has 0 aliphatic heterocycles. The zero-order chi connectivity index (χ0) is 23.3. The first-order valence-corrected chi connectivity index (χ1v) is 12.3. The SMILES string of the molecule is CCOc1ccc(S(=O)(=O)Nc2ccccc2C(=O)OCc2nc(-c3ccsc3)no2)cc1. The molecule has 0 radical (unpaired) electrons. The van der Waals surface area contributed by atoms with Crippen LogP contribution in [0, 0.1) is 0 Å². The van der Waals surface area contributed by atoms with Gasteiger partial charge in [0, 0.05) is 10.9 Å². The van der Waals surface area contributed by atoms with Gasteiger partial charge in [-0.15, -0.1) is 0 Å². The summed E-state index contributed by atoms with van der Waals surface area (Å²) in [5.41, 5.74) is 0.931. The van der Waals surface area contributed by atoms with Gasteiger partial charge < -0.3 is 14.0 Å². The van der Waals surface area contributed by atoms with Gasteiger partial charge in [-0.25, -0.2) is 13.2 Å². The van der Waals surface area contributed by atoms with Crippen molar-refractivity contribution in [2.45, 2.75) is 18.4 Å². The summed E-state index contributed by atoms with van der Waals surface area (Å²) in [6.45, 7) is 2.05. The smallest absolute Gasteiger partial charge is 0.340 e. The number of sulfonamides is 1. The zero-order valence-electron chi connectivity index (χ0n) is 17.4. The Hall–Kier alpha value is -3.70. The summed E-state index contributed by atoms with van der Waals surface area (Å²) in [6.07, 6.45) is 0. The minimum Gasteiger partial charge on any atom is -0.494 e. The molecule has 0 aliphatic carbocycles. The average molecular weight is 486 g/mol. The van der Waals surface area contributed by atoms with Crippen molar-refractivity contribution in [1.82, 2.24) is 10.1 Å². The van der Waals surface area contributed by atoms with Gasteiger partial charge in [0.15, 0.2) is 6.61 Å². The molecule has 11 heteroatoms. The summed E-state index contributed by atoms with van der Waals surface area (Å²) in [5.74, 6) is 0.335. The molecule has 0 spiro atoms. The van der Waals surface area contributed by atoms with E-state index in [-0.39, 0.29) is 28.6 Å². The molecule has 4 rings (SSSR count). The van der Waals surface area contributed by atoms with Crippen LogP contribution in [0.4, 0.5) is 5.69 Å². The quantitative estimate of drug-likeness (QED) is 0.347. The van der Waals surface area contributed by atoms with Crippen molar-refractivity contribution in [3.05, 3.63) is 76.8 Å². The van der Waals surface area contributed by atoms with Gasteiger partial charge in [-0.1, -0.05) is 17.3 Å². The van der Waals surface area contributed by atoms with E-state index in [1.807, 2.05) is 23.8 Å². The van der Waals surface area contributed by atoms with Gasteiger partial charge in [0.2, 0.25) is 5.82 Å². The van der Waals surface area contributed by atoms with Crippen molar-refractivity contribution >= 4 is 33.0 Å². The van der Waals surface area contributed by atoms with Gasteiger partial charge in [0.25, 0.3) is 15.9 Å². The second-order valence-corrected chi connectivity index (χ2v) is 9.12. The Morgan fingerprint density at radius 3 is 2.64 bits per heavy atom. The van der Waals surface area contributed by atoms with Gasteiger partial charge >= 0.3 is 5.97 Å². The number of esters is 1. The highest BCUT2D eigenvalue weighted by Gasteiger charge is 2.20. The largest absolute Gasteiger partial charge is 0.494 e. The number of rotatable bonds is 9. The van der Waals surface area contributed by atoms with Crippen LogP contribution >= 0.6 is 11.3 Å². The fourth-order valence-corrected chi connectivity index (χ4v) is 4.58. The predicted molar refractivity (Wildman–Crippen MR) is 122 cm³/mol. The van der Waals surface area contributed by atoms with Gasteiger partial charge in [0.1, 0.15) is 5.75 Å². The van der Waals surface area contributed by atoms with Crippen LogP contribution in [0.25, 0.3) is 11.4 Å². The summed E-state index contributed by atoms with van der Waals surface area (Å²) in [5, 5.41) is 7.61. The van der Waals surface area contributed by atoms with Crippen LogP contribution in [-0.4, -0.2) is 31.1 Å². The molecule has 2 aromatic heterocycles. The molecule has 2 aromatic carbocycles. The normalized spacial score (nSPS) is 11.2. The molecular formula is C22H19N3O6S2. The molecule has 0 saturated carbocycles. The maximum atomic E-state index is 12.8. The number of ether oxygens (including phenoxy) is 2. The number of thiophene rings is 1. The van der Waals surface area contributed by atoms with Crippen molar-refractivity contribution in [2.24, 2.45) is 0 Å². The molecule has 1 N–H and O–H groups in total. The molecule has 0 amide bonds. The number of anilines is 1. The number of carbonyl (C=O) groups is 1. The first-order chi connectivity index (χ1) is 16.0. The van der Waals surface area contributed by atoms with E-state index >= 15 is 0 Å². The molecule has 0 unspecified atom stereocenters. The fourth-order valence-electron chi connectivity index (χ4n) is 2.86. The van der Waals surface area contributed by atoms with E-state index in [4.69, 9.17) is 14.0 Å². The third-order valence-corrected chi connectivity index (χ3v) is 6.48. The van der Waals surface area contributed by atoms with Crippen LogP contribution < -0.4 is 9.46 Å². The first kappa shape index (κ1) is 22.5. The Balaban J connectivity index is 1.46. The lowest BCUT2D eigenvalue weighted by molar-refractivity contribution is 0.0431. The Kier molecular flexibility index (Phi) is 6.71. The van der Waals surface area contributed by atoms with Crippen molar-refractivity contribution in [3.8, 4) is 17.1 Å². The predicted octanol–water partition coefficient (Wildman–Crippen LogP) is 4.35. The second-order valence-electron chi connectivity index (χ2n) is 6.66. The summed E-state index contributed by atoms with van der Waals surface area (Å²) in [4.78, 5) is 16.9. The van der Waals surface area contributed by atoms with Crippen molar-refractivity contribution in [2.75, 3.05) is 11.3 Å². The molecule has 0 fully saturated rings. The van der Waals surface area contributed by atoms with Crippen LogP contribution in [0.3, 0.4) is 0 Å². The highest BCUT2D eigenvalue weighted by Crippen LogP contribution is 2.23. The minimum absolute atomic E-state index is 0.0287. The lowest BCUT2D eigenvalue weighted by Gasteiger charge is -2.12. The number of carbonyl (C=O) groups excluding carboxylic acids is 1. The summed E-state index contributed by atoms with van der Waals surface area (Å²) >= 11 is 1.50. The molecule has 9 nitrogen and oxygen atoms in total. The van der Waals surface area contributed by atoms with E-state index in [9.17, 15) is 13.2 Å². The standard InChI is InChI=1S/C22H19N3O6S2/c1-2-29-16-7-9-17(10-8-16)33(27,28)25-19-6-4-3-5-18(19)22(26)30-13-20-23-21(24-31-20)15-11-12-32-14-15/h3-12,14,25H,2,13H2,1H3. The van der Waals surface area contributed by atoms with Gasteiger partial charge in [0.05, 0.1) is 22.8 Å². The topological polar surface area (TPSA) is 121 Å². The molecule has 0 saturated heterocycles. The van der Waals surface area contributed by atoms with E-state index < -0.39 is 16.0 Å². The van der Waals surface area contributed by atoms with Crippen LogP contribution in [-0.2, 0) is 21.4 Å². The molecule has 170 valence electrons. The lowest BCUT2D eigenvalue weighted by atomic mass is 10.2. The number of hydrogen-bond donors (Lipinski definition) is 1. The molecule has 33 heavy (non-hydrogen) atoms. The number of nitrogens with zero attached hydrogens (tertiary/aromatic N) is 2. The van der Waals surface area contributed by atoms with Crippen molar-refractivity contribution < 1.29 is 27.2 Å². The minimum atomic E-state index is -3.94. The van der Waals surface area contributed by atoms with Gasteiger partial charge in [-0.3, -0.25) is 4.72 Å². The van der Waals surface area contributed by atoms with Gasteiger partial charge in [-0.05, 0) is 54.8 Å². The van der Waals surface area contributed by atoms with Crippen LogP contribution in [0.15, 0.2) is 74.8 Å². The van der Waals surface area contributed by atoms with E-state index in [0.717, 1.165) is 5.56 Å². The monoisotopic (exact) mass is 485 g/mol. The molecule has 4 aromatic rings. The Morgan fingerprint density at radius 2 is 1.91 bits per heavy atom. The number of aromatic nitrogens is 2. The highest BCUT2D eigenvalue weighted by molar-refractivity contribution is 7.92. The molecular weight excluding hydrogens is 466 g/mol. The molecule has 2 heterocycles. The first-order valence-electron chi connectivity index (χ1n) is 9.83. The van der Waals surface area contributed by atoms with E-state index in [2.05, 4.69) is 14.9 Å². The third kappa shape index (κ3) is 5.38. The van der Waals surface area contributed by atoms with E-state index in [1.54, 1.807) is 24.3 Å². The average Bonchev–Trinajstić information content (AvgIpc) is 3.50. The van der Waals surface area contributed by atoms with Crippen LogP contribution in [0.5, 0.6) is 5.75 Å². The summed E-state index contributed by atoms with van der Waals surface area (Å²) in [7, 11) is -3.94. The number of benzene rings is 2. The second kappa shape index (κ2) is 9.84. The van der Waals surface area contributed by atoms with Crippen molar-refractivity contribution in [3.63, 3.8) is 0 Å². The van der Waals surface area contributed by atoms with E-state index in [1.165, 1.54) is 35.6 Å². The summed E-state index contributed by atoms with van der Waals surface area (Å²) < 4.78 is 43.8. The fraction of sp³-hybridized carbons (Fsp3) is 0.136. The van der Waals surface area contributed by atoms with Crippen molar-refractivity contribution in [1.29, 1.82) is 0 Å². The Morgan fingerprint density at radius 1 is 1.12 bits per heavy atom. The Bertz CT molecular complexity index is 1330. The van der Waals surface area contributed by atoms with Gasteiger partial charge in [-0.2, -0.15) is 16.3 Å². The highest BCUT2D eigenvalue weighted by atomic mass is 32.2. The number of nitrogens with one attached hydrogen (secondary N) is 1. The van der Waals surface area contributed by atoms with E-state index in [0.29, 0.717) is 18.2 Å². The maximum absolute atomic E-state index is 12.8. The third-order valence-electron chi connectivity index (χ3n) is 4.41. The molecule has 0 bridgehead atoms. The maximum Gasteiger partial charge on any atom is 0.340 e. The lowest BCUT2D eigenvalue weighted by Crippen LogP contribution is -2.16.